The van der Waals surface area contributed by atoms with E-state index in [2.05, 4.69) is 51.8 Å². The van der Waals surface area contributed by atoms with E-state index in [1.807, 2.05) is 0 Å². The average Bonchev–Trinajstić information content (AvgIpc) is 2.59. The second-order valence-electron chi connectivity index (χ2n) is 7.52. The smallest absolute Gasteiger partial charge is 0.192 e. The molecule has 0 aliphatic carbocycles. The molecule has 0 spiro atoms. The van der Waals surface area contributed by atoms with Gasteiger partial charge in [-0.1, -0.05) is 64.7 Å². The van der Waals surface area contributed by atoms with Gasteiger partial charge < -0.3 is 9.74 Å². The Balaban J connectivity index is 3.06. The van der Waals surface area contributed by atoms with Gasteiger partial charge in [-0.15, -0.1) is 0 Å². The number of aromatic nitrogens is 1. The summed E-state index contributed by atoms with van der Waals surface area (Å²) < 4.78 is 6.76. The Kier molecular flexibility index (Phi) is 9.41. The first-order valence-corrected chi connectivity index (χ1v) is 12.7. The van der Waals surface area contributed by atoms with Crippen LogP contribution in [-0.4, -0.2) is 26.4 Å². The first-order valence-electron chi connectivity index (χ1n) is 9.41. The zero-order valence-electron chi connectivity index (χ0n) is 16.6. The number of hydrogen-bond donors (Lipinski definition) is 1. The van der Waals surface area contributed by atoms with Crippen molar-refractivity contribution in [1.29, 1.82) is 0 Å². The van der Waals surface area contributed by atoms with Crippen LogP contribution in [0.4, 0.5) is 0 Å². The fraction of sp³-hybridized carbons (Fsp3) is 0.737. The van der Waals surface area contributed by atoms with Gasteiger partial charge in [-0.05, 0) is 30.0 Å². The monoisotopic (exact) mass is 404 g/mol. The summed E-state index contributed by atoms with van der Waals surface area (Å²) >= 11 is 12.9. The topological polar surface area (TPSA) is 34.1 Å². The van der Waals surface area contributed by atoms with E-state index in [9.17, 15) is 0 Å². The molecule has 0 saturated heterocycles. The highest BCUT2D eigenvalue weighted by Gasteiger charge is 2.34. The summed E-state index contributed by atoms with van der Waals surface area (Å²) in [6.45, 7) is 15.1. The Morgan fingerprint density at radius 2 is 1.60 bits per heavy atom. The summed E-state index contributed by atoms with van der Waals surface area (Å²) in [7, 11) is -1.79. The van der Waals surface area contributed by atoms with Gasteiger partial charge in [-0.3, -0.25) is 4.98 Å². The van der Waals surface area contributed by atoms with Crippen LogP contribution in [0.15, 0.2) is 12.4 Å². The van der Waals surface area contributed by atoms with E-state index in [0.29, 0.717) is 16.6 Å². The quantitative estimate of drug-likeness (QED) is 0.428. The molecule has 0 bridgehead atoms. The zero-order chi connectivity index (χ0) is 19.1. The van der Waals surface area contributed by atoms with E-state index in [-0.39, 0.29) is 11.5 Å². The van der Waals surface area contributed by atoms with Crippen LogP contribution in [0, 0.1) is 5.41 Å². The van der Waals surface area contributed by atoms with Crippen LogP contribution in [0.3, 0.4) is 0 Å². The maximum Gasteiger partial charge on any atom is 0.192 e. The molecule has 1 heterocycles. The third-order valence-corrected chi connectivity index (χ3v) is 10.7. The van der Waals surface area contributed by atoms with Gasteiger partial charge in [0, 0.05) is 31.0 Å². The molecule has 0 aromatic carbocycles. The number of rotatable bonds is 11. The Bertz CT molecular complexity index is 508. The molecule has 6 heteroatoms. The van der Waals surface area contributed by atoms with Gasteiger partial charge in [0.1, 0.15) is 0 Å². The first-order chi connectivity index (χ1) is 11.7. The predicted octanol–water partition coefficient (Wildman–Crippen LogP) is 6.48. The van der Waals surface area contributed by atoms with Crippen molar-refractivity contribution >= 4 is 31.5 Å². The molecule has 0 aliphatic rings. The molecule has 1 N–H and O–H groups in total. The molecule has 0 amide bonds. The van der Waals surface area contributed by atoms with E-state index >= 15 is 0 Å². The molecule has 1 atom stereocenters. The van der Waals surface area contributed by atoms with E-state index in [1.54, 1.807) is 12.4 Å². The van der Waals surface area contributed by atoms with Crippen LogP contribution in [0.5, 0.6) is 0 Å². The van der Waals surface area contributed by atoms with Crippen molar-refractivity contribution in [2.24, 2.45) is 5.41 Å². The lowest BCUT2D eigenvalue weighted by Crippen LogP contribution is -2.41. The minimum absolute atomic E-state index is 0.137. The van der Waals surface area contributed by atoms with Gasteiger partial charge in [0.15, 0.2) is 8.32 Å². The highest BCUT2D eigenvalue weighted by molar-refractivity contribution is 6.73. The third-order valence-electron chi connectivity index (χ3n) is 5.43. The lowest BCUT2D eigenvalue weighted by molar-refractivity contribution is 0.179. The molecule has 25 heavy (non-hydrogen) atoms. The third kappa shape index (κ3) is 6.51. The summed E-state index contributed by atoms with van der Waals surface area (Å²) in [4.78, 5) is 4.09. The number of nitrogens with zero attached hydrogens (tertiary/aromatic N) is 1. The summed E-state index contributed by atoms with van der Waals surface area (Å²) in [5, 5.41) is 4.75. The molecule has 144 valence electrons. The van der Waals surface area contributed by atoms with Gasteiger partial charge in [0.05, 0.1) is 16.1 Å². The normalized spacial score (nSPS) is 13.9. The van der Waals surface area contributed by atoms with E-state index in [0.717, 1.165) is 36.7 Å². The molecule has 1 aromatic heterocycles. The Morgan fingerprint density at radius 1 is 1.08 bits per heavy atom. The van der Waals surface area contributed by atoms with Gasteiger partial charge >= 0.3 is 0 Å². The number of nitrogens with one attached hydrogen (secondary N) is 1. The highest BCUT2D eigenvalue weighted by atomic mass is 35.5. The second kappa shape index (κ2) is 10.3. The number of pyridine rings is 1. The molecule has 0 saturated carbocycles. The standard InChI is InChI=1S/C19H34Cl2N2OSi/c1-7-19(5,6)14-23-13-17(24-25(8-2,9-3)10-4)18-15(20)11-22-12-16(18)21/h11-12,17,23H,7-10,13-14H2,1-6H3. The Labute approximate surface area is 165 Å². The van der Waals surface area contributed by atoms with Crippen molar-refractivity contribution in [3.8, 4) is 0 Å². The molecular weight excluding hydrogens is 371 g/mol. The maximum absolute atomic E-state index is 6.76. The van der Waals surface area contributed by atoms with E-state index in [1.165, 1.54) is 0 Å². The van der Waals surface area contributed by atoms with Crippen molar-refractivity contribution in [2.45, 2.75) is 72.2 Å². The lowest BCUT2D eigenvalue weighted by atomic mass is 9.90. The van der Waals surface area contributed by atoms with Gasteiger partial charge in [-0.2, -0.15) is 0 Å². The fourth-order valence-corrected chi connectivity index (χ4v) is 6.31. The molecular formula is C19H34Cl2N2OSi. The summed E-state index contributed by atoms with van der Waals surface area (Å²) in [6.07, 6.45) is 4.30. The minimum atomic E-state index is -1.79. The van der Waals surface area contributed by atoms with Crippen molar-refractivity contribution in [3.05, 3.63) is 28.0 Å². The Hall–Kier alpha value is -0.133. The summed E-state index contributed by atoms with van der Waals surface area (Å²) in [5.74, 6) is 0. The van der Waals surface area contributed by atoms with Gasteiger partial charge in [-0.25, -0.2) is 0 Å². The zero-order valence-corrected chi connectivity index (χ0v) is 19.1. The van der Waals surface area contributed by atoms with Crippen LogP contribution in [0.2, 0.25) is 28.2 Å². The van der Waals surface area contributed by atoms with Crippen molar-refractivity contribution in [1.82, 2.24) is 10.3 Å². The largest absolute Gasteiger partial charge is 0.409 e. The van der Waals surface area contributed by atoms with Crippen LogP contribution >= 0.6 is 23.2 Å². The van der Waals surface area contributed by atoms with Crippen molar-refractivity contribution < 1.29 is 4.43 Å². The lowest BCUT2D eigenvalue weighted by Gasteiger charge is -2.35. The van der Waals surface area contributed by atoms with Crippen LogP contribution in [0.25, 0.3) is 0 Å². The van der Waals surface area contributed by atoms with E-state index in [4.69, 9.17) is 27.6 Å². The molecule has 0 radical (unpaired) electrons. The Morgan fingerprint density at radius 3 is 2.04 bits per heavy atom. The van der Waals surface area contributed by atoms with Crippen LogP contribution < -0.4 is 5.32 Å². The van der Waals surface area contributed by atoms with Crippen molar-refractivity contribution in [2.75, 3.05) is 13.1 Å². The number of hydrogen-bond acceptors (Lipinski definition) is 3. The SMILES string of the molecule is CCC(C)(C)CNCC(O[Si](CC)(CC)CC)c1c(Cl)cncc1Cl. The molecule has 0 fully saturated rings. The molecule has 1 rings (SSSR count). The van der Waals surface area contributed by atoms with Crippen LogP contribution in [0.1, 0.15) is 59.6 Å². The highest BCUT2D eigenvalue weighted by Crippen LogP contribution is 2.36. The molecule has 0 aliphatic heterocycles. The summed E-state index contributed by atoms with van der Waals surface area (Å²) in [5.41, 5.74) is 1.12. The van der Waals surface area contributed by atoms with Gasteiger partial charge in [0.25, 0.3) is 0 Å². The van der Waals surface area contributed by atoms with Crippen molar-refractivity contribution in [3.63, 3.8) is 0 Å². The molecule has 3 nitrogen and oxygen atoms in total. The number of halogens is 2. The second-order valence-corrected chi connectivity index (χ2v) is 13.1. The summed E-state index contributed by atoms with van der Waals surface area (Å²) in [6, 6.07) is 3.28. The fourth-order valence-electron chi connectivity index (χ4n) is 2.90. The minimum Gasteiger partial charge on any atom is -0.409 e. The molecule has 1 unspecified atom stereocenters. The average molecular weight is 405 g/mol. The predicted molar refractivity (Wildman–Crippen MR) is 112 cm³/mol. The van der Waals surface area contributed by atoms with Crippen LogP contribution in [-0.2, 0) is 4.43 Å². The first kappa shape index (κ1) is 22.9. The molecule has 1 aromatic rings. The van der Waals surface area contributed by atoms with E-state index < -0.39 is 8.32 Å². The van der Waals surface area contributed by atoms with Gasteiger partial charge in [0.2, 0.25) is 0 Å². The maximum atomic E-state index is 6.76.